The van der Waals surface area contributed by atoms with Crippen molar-refractivity contribution in [2.45, 2.75) is 31.6 Å². The molecule has 0 heterocycles. The summed E-state index contributed by atoms with van der Waals surface area (Å²) in [5.74, 6) is 0.750. The molecule has 1 aliphatic rings. The molecular formula is C16H17. The molecule has 2 aromatic carbocycles. The van der Waals surface area contributed by atoms with E-state index in [-0.39, 0.29) is 0 Å². The monoisotopic (exact) mass is 209 g/mol. The molecule has 1 saturated carbocycles. The van der Waals surface area contributed by atoms with Gasteiger partial charge in [0.2, 0.25) is 0 Å². The van der Waals surface area contributed by atoms with E-state index in [4.69, 9.17) is 0 Å². The van der Waals surface area contributed by atoms with Crippen LogP contribution in [0.25, 0.3) is 10.8 Å². The fourth-order valence-electron chi connectivity index (χ4n) is 2.83. The van der Waals surface area contributed by atoms with E-state index in [9.17, 15) is 0 Å². The molecule has 0 bridgehead atoms. The lowest BCUT2D eigenvalue weighted by atomic mass is 9.82. The van der Waals surface area contributed by atoms with Crippen molar-refractivity contribution in [2.24, 2.45) is 0 Å². The van der Waals surface area contributed by atoms with Gasteiger partial charge in [-0.15, -0.1) is 0 Å². The standard InChI is InChI=1S/C16H17/c1-2-7-13(8-3-1)16-12-6-10-14-9-4-5-11-15(14)16/h2,4-6,9-13H,1,3,7-8H2. The van der Waals surface area contributed by atoms with Crippen LogP contribution in [-0.4, -0.2) is 0 Å². The predicted molar refractivity (Wildman–Crippen MR) is 69.5 cm³/mol. The minimum Gasteiger partial charge on any atom is -0.0616 e. The number of hydrogen-bond acceptors (Lipinski definition) is 0. The largest absolute Gasteiger partial charge is 0.0616 e. The quantitative estimate of drug-likeness (QED) is 0.638. The highest BCUT2D eigenvalue weighted by Gasteiger charge is 2.17. The zero-order valence-corrected chi connectivity index (χ0v) is 9.52. The van der Waals surface area contributed by atoms with E-state index in [1.165, 1.54) is 36.5 Å². The summed E-state index contributed by atoms with van der Waals surface area (Å²) in [5, 5.41) is 2.83. The Balaban J connectivity index is 2.08. The smallest absolute Gasteiger partial charge is 0.0149 e. The van der Waals surface area contributed by atoms with Crippen LogP contribution < -0.4 is 0 Å². The molecule has 0 amide bonds. The zero-order chi connectivity index (χ0) is 10.8. The molecule has 1 atom stereocenters. The second-order valence-electron chi connectivity index (χ2n) is 4.72. The van der Waals surface area contributed by atoms with Gasteiger partial charge in [-0.3, -0.25) is 0 Å². The van der Waals surface area contributed by atoms with Crippen LogP contribution in [0, 0.1) is 6.42 Å². The van der Waals surface area contributed by atoms with Gasteiger partial charge < -0.3 is 0 Å². The minimum absolute atomic E-state index is 0.750. The minimum atomic E-state index is 0.750. The molecule has 1 aliphatic carbocycles. The van der Waals surface area contributed by atoms with Gasteiger partial charge in [0.25, 0.3) is 0 Å². The Morgan fingerprint density at radius 2 is 1.81 bits per heavy atom. The van der Waals surface area contributed by atoms with Crippen molar-refractivity contribution in [3.63, 3.8) is 0 Å². The van der Waals surface area contributed by atoms with Crippen LogP contribution >= 0.6 is 0 Å². The molecule has 1 radical (unpaired) electrons. The van der Waals surface area contributed by atoms with Crippen molar-refractivity contribution in [1.29, 1.82) is 0 Å². The third kappa shape index (κ3) is 1.73. The SMILES string of the molecule is [CH]1CCCC(c2cccc3ccccc23)C1. The lowest BCUT2D eigenvalue weighted by Gasteiger charge is -2.23. The molecular weight excluding hydrogens is 192 g/mol. The molecule has 1 fully saturated rings. The van der Waals surface area contributed by atoms with E-state index in [0.29, 0.717) is 0 Å². The Labute approximate surface area is 97.3 Å². The van der Waals surface area contributed by atoms with Gasteiger partial charge in [-0.25, -0.2) is 0 Å². The molecule has 0 spiro atoms. The van der Waals surface area contributed by atoms with E-state index in [0.717, 1.165) is 5.92 Å². The first-order valence-corrected chi connectivity index (χ1v) is 6.24. The topological polar surface area (TPSA) is 0 Å². The van der Waals surface area contributed by atoms with Crippen LogP contribution in [0.5, 0.6) is 0 Å². The fraction of sp³-hybridized carbons (Fsp3) is 0.312. The van der Waals surface area contributed by atoms with Crippen LogP contribution in [0.3, 0.4) is 0 Å². The van der Waals surface area contributed by atoms with Gasteiger partial charge in [-0.2, -0.15) is 0 Å². The zero-order valence-electron chi connectivity index (χ0n) is 9.52. The summed E-state index contributed by atoms with van der Waals surface area (Å²) in [6.07, 6.45) is 7.73. The lowest BCUT2D eigenvalue weighted by molar-refractivity contribution is 0.520. The van der Waals surface area contributed by atoms with Gasteiger partial charge in [-0.05, 0) is 41.5 Å². The van der Waals surface area contributed by atoms with Crippen molar-refractivity contribution in [3.05, 3.63) is 54.4 Å². The molecule has 0 N–H and O–H groups in total. The summed E-state index contributed by atoms with van der Waals surface area (Å²) in [4.78, 5) is 0. The number of benzene rings is 2. The summed E-state index contributed by atoms with van der Waals surface area (Å²) in [6.45, 7) is 0. The molecule has 0 heteroatoms. The van der Waals surface area contributed by atoms with Gasteiger partial charge in [0, 0.05) is 0 Å². The lowest BCUT2D eigenvalue weighted by Crippen LogP contribution is -2.05. The Hall–Kier alpha value is -1.30. The van der Waals surface area contributed by atoms with Gasteiger partial charge in [0.1, 0.15) is 0 Å². The molecule has 3 rings (SSSR count). The maximum absolute atomic E-state index is 2.45. The van der Waals surface area contributed by atoms with Crippen molar-refractivity contribution in [3.8, 4) is 0 Å². The Morgan fingerprint density at radius 3 is 2.69 bits per heavy atom. The molecule has 16 heavy (non-hydrogen) atoms. The third-order valence-corrected chi connectivity index (χ3v) is 3.68. The van der Waals surface area contributed by atoms with Crippen molar-refractivity contribution >= 4 is 10.8 Å². The summed E-state index contributed by atoms with van der Waals surface area (Å²) in [6, 6.07) is 15.5. The highest BCUT2D eigenvalue weighted by atomic mass is 14.2. The molecule has 0 saturated heterocycles. The molecule has 0 aromatic heterocycles. The molecule has 0 aliphatic heterocycles. The maximum atomic E-state index is 2.45. The molecule has 2 aromatic rings. The number of fused-ring (bicyclic) bond motifs is 1. The van der Waals surface area contributed by atoms with Gasteiger partial charge in [0.05, 0.1) is 0 Å². The van der Waals surface area contributed by atoms with Crippen LogP contribution in [-0.2, 0) is 0 Å². The highest BCUT2D eigenvalue weighted by Crippen LogP contribution is 2.35. The van der Waals surface area contributed by atoms with Crippen LogP contribution in [0.1, 0.15) is 37.2 Å². The van der Waals surface area contributed by atoms with Gasteiger partial charge in [0.15, 0.2) is 0 Å². The maximum Gasteiger partial charge on any atom is -0.0149 e. The molecule has 81 valence electrons. The normalized spacial score (nSPS) is 17.8. The van der Waals surface area contributed by atoms with Crippen molar-refractivity contribution < 1.29 is 0 Å². The summed E-state index contributed by atoms with van der Waals surface area (Å²) < 4.78 is 0. The average Bonchev–Trinajstić information content (AvgIpc) is 2.39. The second kappa shape index (κ2) is 4.29. The second-order valence-corrected chi connectivity index (χ2v) is 4.72. The van der Waals surface area contributed by atoms with E-state index in [2.05, 4.69) is 48.9 Å². The van der Waals surface area contributed by atoms with Crippen LogP contribution in [0.2, 0.25) is 0 Å². The summed E-state index contributed by atoms with van der Waals surface area (Å²) in [5.41, 5.74) is 1.55. The van der Waals surface area contributed by atoms with E-state index >= 15 is 0 Å². The Morgan fingerprint density at radius 1 is 0.938 bits per heavy atom. The van der Waals surface area contributed by atoms with E-state index < -0.39 is 0 Å². The number of rotatable bonds is 1. The van der Waals surface area contributed by atoms with Crippen LogP contribution in [0.4, 0.5) is 0 Å². The van der Waals surface area contributed by atoms with Crippen molar-refractivity contribution in [2.75, 3.05) is 0 Å². The first-order chi connectivity index (χ1) is 7.95. The first-order valence-electron chi connectivity index (χ1n) is 6.24. The Kier molecular flexibility index (Phi) is 2.65. The van der Waals surface area contributed by atoms with Gasteiger partial charge in [-0.1, -0.05) is 55.3 Å². The highest BCUT2D eigenvalue weighted by molar-refractivity contribution is 5.86. The first kappa shape index (κ1) is 9.89. The summed E-state index contributed by atoms with van der Waals surface area (Å²) in [7, 11) is 0. The fourth-order valence-corrected chi connectivity index (χ4v) is 2.83. The molecule has 1 unspecified atom stereocenters. The van der Waals surface area contributed by atoms with Crippen LogP contribution in [0.15, 0.2) is 42.5 Å². The van der Waals surface area contributed by atoms with Gasteiger partial charge >= 0.3 is 0 Å². The third-order valence-electron chi connectivity index (χ3n) is 3.68. The summed E-state index contributed by atoms with van der Waals surface area (Å²) >= 11 is 0. The Bertz CT molecular complexity index is 473. The predicted octanol–water partition coefficient (Wildman–Crippen LogP) is 4.70. The van der Waals surface area contributed by atoms with Crippen molar-refractivity contribution in [1.82, 2.24) is 0 Å². The number of hydrogen-bond donors (Lipinski definition) is 0. The molecule has 0 nitrogen and oxygen atoms in total. The van der Waals surface area contributed by atoms with E-state index in [1.54, 1.807) is 5.56 Å². The van der Waals surface area contributed by atoms with E-state index in [1.807, 2.05) is 0 Å². The average molecular weight is 209 g/mol.